The molecule has 2 N–H and O–H groups in total. The lowest BCUT2D eigenvalue weighted by Gasteiger charge is -2.23. The molecule has 6 heteroatoms. The van der Waals surface area contributed by atoms with Gasteiger partial charge in [-0.1, -0.05) is 18.5 Å². The Morgan fingerprint density at radius 1 is 1.63 bits per heavy atom. The Labute approximate surface area is 118 Å². The molecule has 1 unspecified atom stereocenters. The molecule has 1 fully saturated rings. The summed E-state index contributed by atoms with van der Waals surface area (Å²) in [6.07, 6.45) is 4.92. The number of hydrogen-bond donors (Lipinski definition) is 2. The monoisotopic (exact) mass is 284 g/mol. The van der Waals surface area contributed by atoms with Crippen molar-refractivity contribution in [3.05, 3.63) is 21.6 Å². The second-order valence-electron chi connectivity index (χ2n) is 4.99. The number of rotatable bonds is 5. The second-order valence-corrected chi connectivity index (χ2v) is 5.37. The van der Waals surface area contributed by atoms with Crippen LogP contribution >= 0.6 is 11.6 Å². The predicted molar refractivity (Wildman–Crippen MR) is 77.9 cm³/mol. The van der Waals surface area contributed by atoms with Gasteiger partial charge in [0.05, 0.1) is 11.9 Å². The van der Waals surface area contributed by atoms with Gasteiger partial charge in [-0.3, -0.25) is 4.79 Å². The first kappa shape index (κ1) is 14.3. The molecule has 1 aromatic heterocycles. The molecule has 2 rings (SSSR count). The number of halogens is 1. The second kappa shape index (κ2) is 6.91. The summed E-state index contributed by atoms with van der Waals surface area (Å²) >= 11 is 6.10. The minimum Gasteiger partial charge on any atom is -0.382 e. The van der Waals surface area contributed by atoms with Crippen LogP contribution in [0.2, 0.25) is 5.02 Å². The fourth-order valence-electron chi connectivity index (χ4n) is 2.31. The summed E-state index contributed by atoms with van der Waals surface area (Å²) in [5.41, 5.74) is 0.430. The molecule has 5 nitrogen and oxygen atoms in total. The van der Waals surface area contributed by atoms with Crippen LogP contribution in [0.5, 0.6) is 0 Å². The van der Waals surface area contributed by atoms with Gasteiger partial charge in [0.1, 0.15) is 5.02 Å². The van der Waals surface area contributed by atoms with Crippen LogP contribution in [0.25, 0.3) is 0 Å². The molecule has 1 atom stereocenters. The average Bonchev–Trinajstić information content (AvgIpc) is 2.44. The third-order valence-electron chi connectivity index (χ3n) is 3.40. The summed E-state index contributed by atoms with van der Waals surface area (Å²) in [5, 5.41) is 11.0. The maximum absolute atomic E-state index is 11.9. The van der Waals surface area contributed by atoms with Crippen molar-refractivity contribution in [2.45, 2.75) is 32.7 Å². The van der Waals surface area contributed by atoms with Gasteiger partial charge >= 0.3 is 0 Å². The van der Waals surface area contributed by atoms with E-state index in [-0.39, 0.29) is 10.6 Å². The summed E-state index contributed by atoms with van der Waals surface area (Å²) < 4.78 is 1.41. The maximum atomic E-state index is 11.9. The Balaban J connectivity index is 2.00. The Hall–Kier alpha value is -1.07. The Bertz CT molecular complexity index is 468. The van der Waals surface area contributed by atoms with Gasteiger partial charge < -0.3 is 10.6 Å². The summed E-state index contributed by atoms with van der Waals surface area (Å²) in [4.78, 5) is 11.9. The molecule has 0 bridgehead atoms. The van der Waals surface area contributed by atoms with E-state index in [9.17, 15) is 4.79 Å². The van der Waals surface area contributed by atoms with E-state index in [0.717, 1.165) is 26.1 Å². The van der Waals surface area contributed by atoms with E-state index in [4.69, 9.17) is 11.6 Å². The van der Waals surface area contributed by atoms with Crippen LogP contribution in [-0.4, -0.2) is 29.4 Å². The molecule has 0 amide bonds. The SMILES string of the molecule is CCCn1ncc(NCC2CCCNC2)c(Cl)c1=O. The third-order valence-corrected chi connectivity index (χ3v) is 3.77. The fraction of sp³-hybridized carbons (Fsp3) is 0.692. The van der Waals surface area contributed by atoms with Crippen molar-refractivity contribution in [2.75, 3.05) is 25.0 Å². The molecule has 106 valence electrons. The molecule has 1 aromatic rings. The summed E-state index contributed by atoms with van der Waals surface area (Å²) in [7, 11) is 0. The highest BCUT2D eigenvalue weighted by Gasteiger charge is 2.14. The van der Waals surface area contributed by atoms with Crippen molar-refractivity contribution < 1.29 is 0 Å². The molecule has 1 aliphatic heterocycles. The van der Waals surface area contributed by atoms with E-state index >= 15 is 0 Å². The molecule has 0 aliphatic carbocycles. The lowest BCUT2D eigenvalue weighted by molar-refractivity contribution is 0.393. The molecule has 0 radical (unpaired) electrons. The van der Waals surface area contributed by atoms with Crippen molar-refractivity contribution in [1.29, 1.82) is 0 Å². The first-order valence-electron chi connectivity index (χ1n) is 6.92. The van der Waals surface area contributed by atoms with E-state index in [1.807, 2.05) is 6.92 Å². The standard InChI is InChI=1S/C13H21ClN4O/c1-2-6-18-13(19)12(14)11(9-17-18)16-8-10-4-3-5-15-7-10/h9-10,15-16H,2-8H2,1H3. The van der Waals surface area contributed by atoms with Gasteiger partial charge in [0.2, 0.25) is 0 Å². The average molecular weight is 285 g/mol. The minimum absolute atomic E-state index is 0.213. The van der Waals surface area contributed by atoms with Gasteiger partial charge in [0.15, 0.2) is 0 Å². The van der Waals surface area contributed by atoms with Crippen LogP contribution in [0.3, 0.4) is 0 Å². The first-order chi connectivity index (χ1) is 9.22. The number of nitrogens with one attached hydrogen (secondary N) is 2. The van der Waals surface area contributed by atoms with E-state index in [1.54, 1.807) is 6.20 Å². The van der Waals surface area contributed by atoms with Crippen molar-refractivity contribution in [2.24, 2.45) is 5.92 Å². The van der Waals surface area contributed by atoms with Gasteiger partial charge in [-0.15, -0.1) is 0 Å². The zero-order valence-electron chi connectivity index (χ0n) is 11.3. The van der Waals surface area contributed by atoms with Crippen LogP contribution in [0.15, 0.2) is 11.0 Å². The molecule has 0 saturated carbocycles. The molecule has 1 aliphatic rings. The van der Waals surface area contributed by atoms with E-state index in [2.05, 4.69) is 15.7 Å². The van der Waals surface area contributed by atoms with Crippen LogP contribution in [0.4, 0.5) is 5.69 Å². The predicted octanol–water partition coefficient (Wildman–Crippen LogP) is 1.72. The largest absolute Gasteiger partial charge is 0.382 e. The number of piperidine rings is 1. The van der Waals surface area contributed by atoms with Crippen LogP contribution in [0, 0.1) is 5.92 Å². The van der Waals surface area contributed by atoms with Gasteiger partial charge in [-0.05, 0) is 38.3 Å². The quantitative estimate of drug-likeness (QED) is 0.864. The van der Waals surface area contributed by atoms with E-state index in [0.29, 0.717) is 18.2 Å². The van der Waals surface area contributed by atoms with Gasteiger partial charge in [-0.2, -0.15) is 5.10 Å². The molecular weight excluding hydrogens is 264 g/mol. The first-order valence-corrected chi connectivity index (χ1v) is 7.30. The number of anilines is 1. The normalized spacial score (nSPS) is 19.4. The lowest BCUT2D eigenvalue weighted by atomic mass is 10.00. The lowest BCUT2D eigenvalue weighted by Crippen LogP contribution is -2.34. The fourth-order valence-corrected chi connectivity index (χ4v) is 2.53. The number of aromatic nitrogens is 2. The number of nitrogens with zero attached hydrogens (tertiary/aromatic N) is 2. The molecular formula is C13H21ClN4O. The van der Waals surface area contributed by atoms with Crippen molar-refractivity contribution in [3.63, 3.8) is 0 Å². The van der Waals surface area contributed by atoms with Crippen molar-refractivity contribution >= 4 is 17.3 Å². The Morgan fingerprint density at radius 2 is 2.47 bits per heavy atom. The van der Waals surface area contributed by atoms with Crippen LogP contribution < -0.4 is 16.2 Å². The highest BCUT2D eigenvalue weighted by atomic mass is 35.5. The number of hydrogen-bond acceptors (Lipinski definition) is 4. The van der Waals surface area contributed by atoms with Gasteiger partial charge in [0, 0.05) is 13.1 Å². The zero-order valence-corrected chi connectivity index (χ0v) is 12.0. The smallest absolute Gasteiger partial charge is 0.287 e. The van der Waals surface area contributed by atoms with Crippen LogP contribution in [0.1, 0.15) is 26.2 Å². The maximum Gasteiger partial charge on any atom is 0.287 e. The Morgan fingerprint density at radius 3 is 3.16 bits per heavy atom. The molecule has 19 heavy (non-hydrogen) atoms. The summed E-state index contributed by atoms with van der Waals surface area (Å²) in [6.45, 7) is 5.55. The topological polar surface area (TPSA) is 59.0 Å². The van der Waals surface area contributed by atoms with Gasteiger partial charge in [-0.25, -0.2) is 4.68 Å². The van der Waals surface area contributed by atoms with E-state index < -0.39 is 0 Å². The highest BCUT2D eigenvalue weighted by Crippen LogP contribution is 2.17. The minimum atomic E-state index is -0.213. The molecule has 0 spiro atoms. The van der Waals surface area contributed by atoms with Crippen molar-refractivity contribution in [1.82, 2.24) is 15.1 Å². The highest BCUT2D eigenvalue weighted by molar-refractivity contribution is 6.32. The molecule has 1 saturated heterocycles. The molecule has 2 heterocycles. The van der Waals surface area contributed by atoms with Crippen molar-refractivity contribution in [3.8, 4) is 0 Å². The Kier molecular flexibility index (Phi) is 5.22. The van der Waals surface area contributed by atoms with Crippen LogP contribution in [-0.2, 0) is 6.54 Å². The van der Waals surface area contributed by atoms with Gasteiger partial charge in [0.25, 0.3) is 5.56 Å². The molecule has 0 aromatic carbocycles. The third kappa shape index (κ3) is 3.70. The zero-order chi connectivity index (χ0) is 13.7. The summed E-state index contributed by atoms with van der Waals surface area (Å²) in [5.74, 6) is 0.586. The van der Waals surface area contributed by atoms with E-state index in [1.165, 1.54) is 17.5 Å². The summed E-state index contributed by atoms with van der Waals surface area (Å²) in [6, 6.07) is 0. The number of aryl methyl sites for hydroxylation is 1.